The van der Waals surface area contributed by atoms with Crippen molar-refractivity contribution in [2.45, 2.75) is 110 Å². The summed E-state index contributed by atoms with van der Waals surface area (Å²) in [6.07, 6.45) is 19.3. The molecule has 0 amide bonds. The Kier molecular flexibility index (Phi) is 16.7. The molecule has 0 saturated heterocycles. The Hall–Kier alpha value is 0.180. The molecule has 0 heterocycles. The van der Waals surface area contributed by atoms with Gasteiger partial charge in [0.2, 0.25) is 0 Å². The standard InChI is InChI=1S/C19H36S2/c1-3-5-7-9-11-13-15-18(20)17-19(21)16-14-12-10-8-6-4-2/h3-17H2,1-2H3. The number of rotatable bonds is 16. The Balaban J connectivity index is 3.38. The number of hydrogen-bond donors (Lipinski definition) is 0. The number of thiocarbonyl (C=S) groups is 2. The van der Waals surface area contributed by atoms with Crippen LogP contribution in [0.1, 0.15) is 110 Å². The molecule has 0 radical (unpaired) electrons. The molecule has 0 aliphatic heterocycles. The van der Waals surface area contributed by atoms with Gasteiger partial charge < -0.3 is 0 Å². The molecule has 0 fully saturated rings. The van der Waals surface area contributed by atoms with E-state index in [1.807, 2.05) is 0 Å². The second-order valence-electron chi connectivity index (χ2n) is 6.29. The minimum atomic E-state index is 0.925. The number of unbranched alkanes of at least 4 members (excludes halogenated alkanes) is 10. The summed E-state index contributed by atoms with van der Waals surface area (Å²) in [6, 6.07) is 0. The van der Waals surface area contributed by atoms with Crippen LogP contribution in [0.3, 0.4) is 0 Å². The summed E-state index contributed by atoms with van der Waals surface area (Å²) in [5.74, 6) is 0. The quantitative estimate of drug-likeness (QED) is 0.211. The molecule has 0 aliphatic rings. The van der Waals surface area contributed by atoms with Crippen LogP contribution in [0.15, 0.2) is 0 Å². The first kappa shape index (κ1) is 21.2. The van der Waals surface area contributed by atoms with Crippen molar-refractivity contribution in [3.63, 3.8) is 0 Å². The first-order valence-electron chi connectivity index (χ1n) is 9.24. The van der Waals surface area contributed by atoms with Gasteiger partial charge in [0.15, 0.2) is 0 Å². The van der Waals surface area contributed by atoms with E-state index in [2.05, 4.69) is 13.8 Å². The van der Waals surface area contributed by atoms with Gasteiger partial charge in [-0.15, -0.1) is 0 Å². The van der Waals surface area contributed by atoms with Crippen molar-refractivity contribution in [2.24, 2.45) is 0 Å². The summed E-state index contributed by atoms with van der Waals surface area (Å²) in [5.41, 5.74) is 0. The average Bonchev–Trinajstić information content (AvgIpc) is 2.46. The van der Waals surface area contributed by atoms with Crippen LogP contribution in [0.25, 0.3) is 0 Å². The lowest BCUT2D eigenvalue weighted by atomic mass is 10.0. The Morgan fingerprint density at radius 3 is 1.24 bits per heavy atom. The van der Waals surface area contributed by atoms with Crippen molar-refractivity contribution in [3.05, 3.63) is 0 Å². The van der Waals surface area contributed by atoms with E-state index in [4.69, 9.17) is 24.4 Å². The predicted octanol–water partition coefficient (Wildman–Crippen LogP) is 7.62. The van der Waals surface area contributed by atoms with Crippen molar-refractivity contribution < 1.29 is 0 Å². The van der Waals surface area contributed by atoms with Gasteiger partial charge in [0.1, 0.15) is 0 Å². The highest BCUT2D eigenvalue weighted by molar-refractivity contribution is 7.82. The highest BCUT2D eigenvalue weighted by Crippen LogP contribution is 2.12. The van der Waals surface area contributed by atoms with Gasteiger partial charge in [-0.3, -0.25) is 0 Å². The van der Waals surface area contributed by atoms with Gasteiger partial charge >= 0.3 is 0 Å². The molecule has 21 heavy (non-hydrogen) atoms. The smallest absolute Gasteiger partial charge is 0.0102 e. The summed E-state index contributed by atoms with van der Waals surface area (Å²) >= 11 is 11.0. The van der Waals surface area contributed by atoms with Gasteiger partial charge in [0, 0.05) is 6.42 Å². The normalized spacial score (nSPS) is 10.8. The lowest BCUT2D eigenvalue weighted by Gasteiger charge is -2.06. The maximum Gasteiger partial charge on any atom is 0.0102 e. The predicted molar refractivity (Wildman–Crippen MR) is 106 cm³/mol. The van der Waals surface area contributed by atoms with Crippen LogP contribution in [-0.2, 0) is 0 Å². The van der Waals surface area contributed by atoms with Gasteiger partial charge in [0.05, 0.1) is 0 Å². The SMILES string of the molecule is CCCCCCCCC(=S)CC(=S)CCCCCCCC. The van der Waals surface area contributed by atoms with E-state index in [1.54, 1.807) is 0 Å². The fourth-order valence-corrected chi connectivity index (χ4v) is 3.33. The first-order chi connectivity index (χ1) is 10.2. The fraction of sp³-hybridized carbons (Fsp3) is 0.895. The molecule has 0 aromatic rings. The molecule has 0 nitrogen and oxygen atoms in total. The van der Waals surface area contributed by atoms with Crippen LogP contribution >= 0.6 is 24.4 Å². The van der Waals surface area contributed by atoms with Crippen LogP contribution in [0.5, 0.6) is 0 Å². The van der Waals surface area contributed by atoms with Crippen molar-refractivity contribution in [1.29, 1.82) is 0 Å². The van der Waals surface area contributed by atoms with Crippen LogP contribution < -0.4 is 0 Å². The Bertz CT molecular complexity index is 232. The monoisotopic (exact) mass is 328 g/mol. The second-order valence-corrected chi connectivity index (χ2v) is 7.44. The van der Waals surface area contributed by atoms with Crippen molar-refractivity contribution in [2.75, 3.05) is 0 Å². The van der Waals surface area contributed by atoms with Crippen LogP contribution in [0.2, 0.25) is 0 Å². The van der Waals surface area contributed by atoms with E-state index in [0.717, 1.165) is 19.3 Å². The molecule has 0 aliphatic carbocycles. The van der Waals surface area contributed by atoms with Crippen LogP contribution in [-0.4, -0.2) is 9.73 Å². The van der Waals surface area contributed by atoms with E-state index in [1.165, 1.54) is 86.8 Å². The van der Waals surface area contributed by atoms with E-state index in [9.17, 15) is 0 Å². The molecule has 124 valence electrons. The topological polar surface area (TPSA) is 0 Å². The zero-order chi connectivity index (χ0) is 15.8. The molecule has 0 bridgehead atoms. The van der Waals surface area contributed by atoms with Gasteiger partial charge in [-0.1, -0.05) is 102 Å². The maximum atomic E-state index is 5.48. The maximum absolute atomic E-state index is 5.48. The summed E-state index contributed by atoms with van der Waals surface area (Å²) < 4.78 is 0. The van der Waals surface area contributed by atoms with Crippen molar-refractivity contribution >= 4 is 34.2 Å². The third-order valence-corrected chi connectivity index (χ3v) is 4.71. The fourth-order valence-electron chi connectivity index (χ4n) is 2.60. The van der Waals surface area contributed by atoms with Gasteiger partial charge in [-0.05, 0) is 35.4 Å². The van der Waals surface area contributed by atoms with Crippen molar-refractivity contribution in [3.8, 4) is 0 Å². The second kappa shape index (κ2) is 16.5. The minimum Gasteiger partial charge on any atom is -0.0893 e. The molecule has 0 unspecified atom stereocenters. The third-order valence-electron chi connectivity index (χ3n) is 4.01. The molecule has 0 spiro atoms. The van der Waals surface area contributed by atoms with Crippen LogP contribution in [0, 0.1) is 0 Å². The van der Waals surface area contributed by atoms with Gasteiger partial charge in [-0.2, -0.15) is 0 Å². The Morgan fingerprint density at radius 1 is 0.524 bits per heavy atom. The molecule has 0 N–H and O–H groups in total. The molecule has 0 saturated carbocycles. The first-order valence-corrected chi connectivity index (χ1v) is 10.1. The minimum absolute atomic E-state index is 0.925. The zero-order valence-corrected chi connectivity index (χ0v) is 16.1. The zero-order valence-electron chi connectivity index (χ0n) is 14.4. The summed E-state index contributed by atoms with van der Waals surface area (Å²) in [5, 5.41) is 0. The molecule has 2 heteroatoms. The molecule has 0 rings (SSSR count). The van der Waals surface area contributed by atoms with E-state index < -0.39 is 0 Å². The van der Waals surface area contributed by atoms with Gasteiger partial charge in [-0.25, -0.2) is 0 Å². The molecular weight excluding hydrogens is 292 g/mol. The molecule has 0 aromatic carbocycles. The van der Waals surface area contributed by atoms with Gasteiger partial charge in [0.25, 0.3) is 0 Å². The Morgan fingerprint density at radius 2 is 0.857 bits per heavy atom. The highest BCUT2D eigenvalue weighted by Gasteiger charge is 2.03. The van der Waals surface area contributed by atoms with Crippen LogP contribution in [0.4, 0.5) is 0 Å². The molecular formula is C19H36S2. The summed E-state index contributed by atoms with van der Waals surface area (Å²) in [6.45, 7) is 4.53. The lowest BCUT2D eigenvalue weighted by Crippen LogP contribution is -2.04. The lowest BCUT2D eigenvalue weighted by molar-refractivity contribution is 0.614. The van der Waals surface area contributed by atoms with E-state index in [0.29, 0.717) is 0 Å². The summed E-state index contributed by atoms with van der Waals surface area (Å²) in [4.78, 5) is 2.39. The largest absolute Gasteiger partial charge is 0.0893 e. The average molecular weight is 329 g/mol. The molecule has 0 atom stereocenters. The van der Waals surface area contributed by atoms with E-state index in [-0.39, 0.29) is 0 Å². The van der Waals surface area contributed by atoms with E-state index >= 15 is 0 Å². The third kappa shape index (κ3) is 16.4. The molecule has 0 aromatic heterocycles. The van der Waals surface area contributed by atoms with Crippen molar-refractivity contribution in [1.82, 2.24) is 0 Å². The number of hydrogen-bond acceptors (Lipinski definition) is 2. The summed E-state index contributed by atoms with van der Waals surface area (Å²) in [7, 11) is 0. The Labute approximate surface area is 144 Å². The highest BCUT2D eigenvalue weighted by atomic mass is 32.1.